The maximum absolute atomic E-state index is 15.3. The van der Waals surface area contributed by atoms with Crippen molar-refractivity contribution in [2.24, 2.45) is 5.73 Å². The molecule has 12 rings (SSSR count). The highest BCUT2D eigenvalue weighted by atomic mass is 32.1. The van der Waals surface area contributed by atoms with Crippen LogP contribution in [0.1, 0.15) is 125 Å². The number of carbonyl (C=O) groups excluding carboxylic acids is 8. The lowest BCUT2D eigenvalue weighted by molar-refractivity contribution is -0.280. The van der Waals surface area contributed by atoms with E-state index in [9.17, 15) is 44.5 Å². The summed E-state index contributed by atoms with van der Waals surface area (Å²) in [7, 11) is 4.83. The molecule has 10 atom stereocenters. The molecule has 1 aromatic carbocycles. The minimum Gasteiger partial charge on any atom is -0.506 e. The van der Waals surface area contributed by atoms with E-state index in [1.165, 1.54) is 66.1 Å². The summed E-state index contributed by atoms with van der Waals surface area (Å²) in [5.41, 5.74) is 1.51. The molecule has 11 heterocycles. The number of nitrogens with two attached hydrogens (primary N) is 1. The molecule has 0 spiro atoms. The van der Waals surface area contributed by atoms with Crippen molar-refractivity contribution in [3.63, 3.8) is 0 Å². The molecule has 11 N–H and O–H groups in total. The van der Waals surface area contributed by atoms with Crippen LogP contribution in [0.3, 0.4) is 0 Å². The molecule has 32 nitrogen and oxygen atoms in total. The van der Waals surface area contributed by atoms with Crippen molar-refractivity contribution in [2.45, 2.75) is 108 Å². The molecule has 4 aliphatic heterocycles. The van der Waals surface area contributed by atoms with Gasteiger partial charge in [-0.15, -0.1) is 56.7 Å². The van der Waals surface area contributed by atoms with Crippen molar-refractivity contribution in [2.75, 3.05) is 21.2 Å². The molecular formula is C60H58N14O18S5. The summed E-state index contributed by atoms with van der Waals surface area (Å²) >= 11 is 4.29. The Morgan fingerprint density at radius 3 is 2.24 bits per heavy atom. The van der Waals surface area contributed by atoms with Crippen molar-refractivity contribution >= 4 is 121 Å². The van der Waals surface area contributed by atoms with Crippen LogP contribution in [-0.4, -0.2) is 177 Å². The summed E-state index contributed by atoms with van der Waals surface area (Å²) in [4.78, 5) is 144. The second kappa shape index (κ2) is 26.8. The third-order valence-corrected chi connectivity index (χ3v) is 20.4. The van der Waals surface area contributed by atoms with Crippen molar-refractivity contribution in [3.8, 4) is 38.4 Å². The van der Waals surface area contributed by atoms with E-state index in [1.54, 1.807) is 38.9 Å². The number of rotatable bonds is 9. The first-order chi connectivity index (χ1) is 46.2. The fourth-order valence-electron chi connectivity index (χ4n) is 11.6. The number of methoxy groups -OCH3 is 1. The largest absolute Gasteiger partial charge is 0.506 e. The zero-order chi connectivity index (χ0) is 69.2. The topological polar surface area (TPSA) is 445 Å². The van der Waals surface area contributed by atoms with E-state index in [2.05, 4.69) is 48.1 Å². The first kappa shape index (κ1) is 67.4. The number of fused-ring (bicyclic) bond motifs is 15. The number of aliphatic hydroxyl groups excluding tert-OH is 1. The van der Waals surface area contributed by atoms with Gasteiger partial charge in [0.1, 0.15) is 102 Å². The summed E-state index contributed by atoms with van der Waals surface area (Å²) in [6.45, 7) is 8.30. The van der Waals surface area contributed by atoms with Crippen LogP contribution in [-0.2, 0) is 56.0 Å². The first-order valence-corrected chi connectivity index (χ1v) is 33.6. The number of esters is 2. The quantitative estimate of drug-likeness (QED) is 0.0424. The first-order valence-electron chi connectivity index (χ1n) is 29.2. The lowest BCUT2D eigenvalue weighted by atomic mass is 9.85. The zero-order valence-corrected chi connectivity index (χ0v) is 56.0. The molecule has 37 heteroatoms. The predicted molar refractivity (Wildman–Crippen MR) is 345 cm³/mol. The summed E-state index contributed by atoms with van der Waals surface area (Å²) in [6.07, 6.45) is -9.41. The van der Waals surface area contributed by atoms with Crippen LogP contribution in [0.5, 0.6) is 5.75 Å². The third kappa shape index (κ3) is 13.2. The second-order valence-corrected chi connectivity index (χ2v) is 27.3. The number of thiazole rings is 5. The van der Waals surface area contributed by atoms with Crippen LogP contribution >= 0.6 is 56.7 Å². The highest BCUT2D eigenvalue weighted by molar-refractivity contribution is 7.14. The molecule has 4 aliphatic rings. The molecule has 8 aromatic rings. The number of hydrogen-bond donors (Lipinski definition) is 10. The van der Waals surface area contributed by atoms with Gasteiger partial charge in [0.15, 0.2) is 23.1 Å². The average molecular weight is 1420 g/mol. The number of aliphatic hydroxyl groups is 2. The predicted octanol–water partition coefficient (Wildman–Crippen LogP) is 3.85. The number of primary amides is 1. The number of nitrogens with zero attached hydrogens (tertiary/aromatic N) is 8. The number of amides is 6. The van der Waals surface area contributed by atoms with Gasteiger partial charge in [0, 0.05) is 49.8 Å². The molecule has 0 saturated carbocycles. The van der Waals surface area contributed by atoms with Gasteiger partial charge < -0.3 is 86.2 Å². The summed E-state index contributed by atoms with van der Waals surface area (Å²) in [5, 5.41) is 66.7. The molecule has 506 valence electrons. The van der Waals surface area contributed by atoms with Crippen LogP contribution in [0, 0.1) is 0 Å². The smallest absolute Gasteiger partial charge is 0.361 e. The highest BCUT2D eigenvalue weighted by Crippen LogP contribution is 2.43. The van der Waals surface area contributed by atoms with Gasteiger partial charge in [-0.25, -0.2) is 39.5 Å². The van der Waals surface area contributed by atoms with Gasteiger partial charge in [0.2, 0.25) is 12.1 Å². The van der Waals surface area contributed by atoms with Crippen molar-refractivity contribution in [1.82, 2.24) is 66.1 Å². The number of cyclic esters (lactones) is 1. The standard InChI is InChI=1S/C60H58N14O18S5/c1-21(46(61)77)62-47(78)29-18-95-55(66-29)40-34(76)12-26-39(68-40)28-16-97-57(63-28)52-72-50(81)32-20-96-56(67-32)41(71-49(80)31-19-94-54(65-31)38(23(3)87-8)70-51(82)37(22(2)75)69-48(79)30-17-93-53(26)64-30)43-44(91-35-13-60(5,85)45(73(6)7)24(4)90-35)59(84)89-14-25-10-9-11-33-36(25)27(15-88-43)42(74(33)86)58(83)92-52/h9-12,16-20,22,24,35,37,41,43-45,52,75-76,85-86H,1,13-15H2,2-8H3,(H2,61,77)(H,62,78)(H,69,79)(H,70,82)(H,71,80)(H,72,81)/b38-23+. The van der Waals surface area contributed by atoms with E-state index in [4.69, 9.17) is 49.1 Å². The van der Waals surface area contributed by atoms with Crippen LogP contribution in [0.15, 0.2) is 69.2 Å². The van der Waals surface area contributed by atoms with Crippen LogP contribution in [0.25, 0.3) is 49.3 Å². The summed E-state index contributed by atoms with van der Waals surface area (Å²) < 4.78 is 38.3. The van der Waals surface area contributed by atoms with Crippen molar-refractivity contribution in [1.29, 1.82) is 0 Å². The molecule has 12 bridgehead atoms. The number of allylic oxidation sites excluding steroid dienone is 1. The van der Waals surface area contributed by atoms with Gasteiger partial charge in [-0.1, -0.05) is 18.7 Å². The SMILES string of the molecule is C=C(NC(=O)c1csc(-c2nc3c(cc2O)-c2nc(cs2)C(=O)NC(C(C)O)C(=O)N/C(=C(\C)OC)c2nc(cs2)C(=O)NC2c4nc(cs4)C(=O)NC(OC(=O)c4c5c6c(cccc6n4O)COC(=O)C(OC4CC(C)(O)C(N(C)C)C(C)O4)C2OC5)c2nc-3cs2)n1)C(N)=O. The number of ether oxygens (including phenoxy) is 6. The number of benzene rings is 1. The number of aromatic nitrogens is 7. The Hall–Kier alpha value is -9.54. The molecule has 0 radical (unpaired) electrons. The average Bonchev–Trinajstić information content (AvgIpc) is 1.64. The van der Waals surface area contributed by atoms with Gasteiger partial charge in [-0.2, -0.15) is 4.73 Å². The number of nitrogens with one attached hydrogen (secondary N) is 5. The normalized spacial score (nSPS) is 24.0. The van der Waals surface area contributed by atoms with E-state index in [0.717, 1.165) is 56.7 Å². The minimum atomic E-state index is -1.92. The van der Waals surface area contributed by atoms with Gasteiger partial charge in [0.25, 0.3) is 29.5 Å². The summed E-state index contributed by atoms with van der Waals surface area (Å²) in [5.74, 6) is -8.56. The maximum Gasteiger partial charge on any atom is 0.361 e. The van der Waals surface area contributed by atoms with Crippen molar-refractivity contribution in [3.05, 3.63) is 124 Å². The number of likely N-dealkylation sites (N-methyl/N-ethyl adjacent to an activating group) is 1. The van der Waals surface area contributed by atoms with Gasteiger partial charge >= 0.3 is 11.9 Å². The number of carbonyl (C=O) groups is 8. The van der Waals surface area contributed by atoms with E-state index in [1.807, 2.05) is 0 Å². The molecule has 6 amide bonds. The Morgan fingerprint density at radius 2 is 1.53 bits per heavy atom. The fourth-order valence-corrected chi connectivity index (χ4v) is 15.7. The van der Waals surface area contributed by atoms with E-state index in [-0.39, 0.29) is 110 Å². The molecule has 1 saturated heterocycles. The number of pyridine rings is 1. The molecule has 97 heavy (non-hydrogen) atoms. The summed E-state index contributed by atoms with van der Waals surface area (Å²) in [6, 6.07) is 1.91. The number of aromatic hydroxyl groups is 1. The van der Waals surface area contributed by atoms with Crippen LogP contribution in [0.4, 0.5) is 0 Å². The highest BCUT2D eigenvalue weighted by Gasteiger charge is 2.50. The van der Waals surface area contributed by atoms with Crippen molar-refractivity contribution < 1.29 is 87.3 Å². The Kier molecular flexibility index (Phi) is 18.6. The van der Waals surface area contributed by atoms with Crippen LogP contribution < -0.4 is 32.3 Å². The Balaban J connectivity index is 1.05. The Bertz CT molecular complexity index is 4590. The third-order valence-electron chi connectivity index (χ3n) is 16.0. The van der Waals surface area contributed by atoms with Crippen LogP contribution in [0.2, 0.25) is 0 Å². The van der Waals surface area contributed by atoms with E-state index >= 15 is 14.4 Å². The minimum absolute atomic E-state index is 0.0137. The zero-order valence-electron chi connectivity index (χ0n) is 51.9. The molecule has 0 aliphatic carbocycles. The lowest BCUT2D eigenvalue weighted by Crippen LogP contribution is -2.62. The monoisotopic (exact) mass is 1420 g/mol. The molecular weight excluding hydrogens is 1370 g/mol. The Morgan fingerprint density at radius 1 is 0.866 bits per heavy atom. The van der Waals surface area contributed by atoms with E-state index in [0.29, 0.717) is 4.73 Å². The maximum atomic E-state index is 15.3. The fraction of sp³-hybridized carbons (Fsp3) is 0.333. The lowest BCUT2D eigenvalue weighted by Gasteiger charge is -2.48. The Labute approximate surface area is 568 Å². The van der Waals surface area contributed by atoms with Gasteiger partial charge in [-0.05, 0) is 59.5 Å². The number of hydrogen-bond acceptors (Lipinski definition) is 30. The van der Waals surface area contributed by atoms with Gasteiger partial charge in [0.05, 0.1) is 48.8 Å². The molecule has 1 fully saturated rings. The molecule has 7 aromatic heterocycles. The van der Waals surface area contributed by atoms with E-state index < -0.39 is 138 Å². The second-order valence-electron chi connectivity index (χ2n) is 23.0. The molecule has 10 unspecified atom stereocenters. The van der Waals surface area contributed by atoms with Gasteiger partial charge in [-0.3, -0.25) is 28.8 Å².